The maximum Gasteiger partial charge on any atom is 0.306 e. The lowest BCUT2D eigenvalue weighted by Gasteiger charge is -2.18. The molecule has 0 saturated carbocycles. The van der Waals surface area contributed by atoms with Crippen LogP contribution in [-0.2, 0) is 28.6 Å². The van der Waals surface area contributed by atoms with E-state index in [0.717, 1.165) is 116 Å². The van der Waals surface area contributed by atoms with Crippen molar-refractivity contribution in [2.45, 2.75) is 226 Å². The molecule has 0 spiro atoms. The monoisotopic (exact) mass is 887 g/mol. The second-order valence-corrected chi connectivity index (χ2v) is 16.7. The molecule has 1 atom stereocenters. The number of carbonyl (C=O) groups is 3. The third-order valence-electron chi connectivity index (χ3n) is 10.5. The van der Waals surface area contributed by atoms with Gasteiger partial charge in [0.15, 0.2) is 6.10 Å². The molecule has 0 aromatic carbocycles. The van der Waals surface area contributed by atoms with E-state index >= 15 is 0 Å². The molecule has 0 fully saturated rings. The highest BCUT2D eigenvalue weighted by Crippen LogP contribution is 2.13. The zero-order chi connectivity index (χ0) is 46.5. The summed E-state index contributed by atoms with van der Waals surface area (Å²) in [4.78, 5) is 38.0. The molecule has 0 aliphatic heterocycles. The fraction of sp³-hybridized carbons (Fsp3) is 0.638. The quantitative estimate of drug-likeness (QED) is 0.0262. The third kappa shape index (κ3) is 49.1. The second-order valence-electron chi connectivity index (χ2n) is 16.7. The minimum atomic E-state index is -0.822. The summed E-state index contributed by atoms with van der Waals surface area (Å²) in [6, 6.07) is 0. The van der Waals surface area contributed by atoms with Gasteiger partial charge in [-0.2, -0.15) is 0 Å². The minimum Gasteiger partial charge on any atom is -0.462 e. The maximum atomic E-state index is 12.8. The summed E-state index contributed by atoms with van der Waals surface area (Å²) in [5.41, 5.74) is 0. The molecule has 0 saturated heterocycles. The Balaban J connectivity index is 4.55. The Bertz CT molecular complexity index is 1340. The predicted octanol–water partition coefficient (Wildman–Crippen LogP) is 17.1. The van der Waals surface area contributed by atoms with Crippen molar-refractivity contribution < 1.29 is 28.6 Å². The van der Waals surface area contributed by atoms with Gasteiger partial charge in [-0.25, -0.2) is 0 Å². The van der Waals surface area contributed by atoms with Gasteiger partial charge in [0.1, 0.15) is 13.2 Å². The molecule has 0 aromatic heterocycles. The number of esters is 3. The summed E-state index contributed by atoms with van der Waals surface area (Å²) in [5.74, 6) is -1.04. The van der Waals surface area contributed by atoms with Gasteiger partial charge >= 0.3 is 17.9 Å². The molecule has 0 aromatic rings. The van der Waals surface area contributed by atoms with E-state index in [0.29, 0.717) is 19.3 Å². The summed E-state index contributed by atoms with van der Waals surface area (Å²) in [7, 11) is 0. The van der Waals surface area contributed by atoms with Gasteiger partial charge in [0, 0.05) is 19.3 Å². The normalized spacial score (nSPS) is 13.0. The topological polar surface area (TPSA) is 78.9 Å². The third-order valence-corrected chi connectivity index (χ3v) is 10.5. The molecule has 0 N–H and O–H groups in total. The van der Waals surface area contributed by atoms with Gasteiger partial charge in [-0.3, -0.25) is 14.4 Å². The van der Waals surface area contributed by atoms with Crippen LogP contribution in [0.5, 0.6) is 0 Å². The largest absolute Gasteiger partial charge is 0.462 e. The molecular weight excluding hydrogens is 793 g/mol. The Morgan fingerprint density at radius 1 is 0.328 bits per heavy atom. The van der Waals surface area contributed by atoms with Crippen molar-refractivity contribution in [1.82, 2.24) is 0 Å². The van der Waals surface area contributed by atoms with Crippen LogP contribution in [0.3, 0.4) is 0 Å². The lowest BCUT2D eigenvalue weighted by molar-refractivity contribution is -0.166. The fourth-order valence-corrected chi connectivity index (χ4v) is 6.68. The number of hydrogen-bond donors (Lipinski definition) is 0. The van der Waals surface area contributed by atoms with Gasteiger partial charge in [0.05, 0.1) is 0 Å². The Morgan fingerprint density at radius 3 is 1.08 bits per heavy atom. The first-order valence-corrected chi connectivity index (χ1v) is 25.9. The first-order valence-electron chi connectivity index (χ1n) is 25.9. The van der Waals surface area contributed by atoms with Crippen LogP contribution in [0.4, 0.5) is 0 Å². The van der Waals surface area contributed by atoms with Crippen molar-refractivity contribution in [3.8, 4) is 0 Å². The Kier molecular flexibility index (Phi) is 48.5. The van der Waals surface area contributed by atoms with Crippen LogP contribution in [0, 0.1) is 0 Å². The van der Waals surface area contributed by atoms with E-state index in [1.165, 1.54) is 57.8 Å². The maximum absolute atomic E-state index is 12.8. The predicted molar refractivity (Wildman–Crippen MR) is 274 cm³/mol. The summed E-state index contributed by atoms with van der Waals surface area (Å²) < 4.78 is 16.7. The zero-order valence-electron chi connectivity index (χ0n) is 41.3. The number of hydrogen-bond acceptors (Lipinski definition) is 6. The Morgan fingerprint density at radius 2 is 0.641 bits per heavy atom. The van der Waals surface area contributed by atoms with E-state index < -0.39 is 6.10 Å². The number of unbranched alkanes of at least 4 members (excludes halogenated alkanes) is 16. The summed E-state index contributed by atoms with van der Waals surface area (Å²) in [6.07, 6.45) is 69.4. The molecule has 64 heavy (non-hydrogen) atoms. The van der Waals surface area contributed by atoms with Gasteiger partial charge in [0.2, 0.25) is 0 Å². The smallest absolute Gasteiger partial charge is 0.306 e. The van der Waals surface area contributed by atoms with E-state index in [1.807, 2.05) is 12.2 Å². The van der Waals surface area contributed by atoms with Gasteiger partial charge in [-0.05, 0) is 109 Å². The molecule has 0 amide bonds. The van der Waals surface area contributed by atoms with Crippen molar-refractivity contribution in [2.75, 3.05) is 13.2 Å². The van der Waals surface area contributed by atoms with E-state index in [1.54, 1.807) is 0 Å². The molecule has 6 heteroatoms. The second kappa shape index (κ2) is 51.7. The van der Waals surface area contributed by atoms with Gasteiger partial charge in [0.25, 0.3) is 0 Å². The van der Waals surface area contributed by atoms with Crippen LogP contribution >= 0.6 is 0 Å². The van der Waals surface area contributed by atoms with Crippen molar-refractivity contribution in [3.63, 3.8) is 0 Å². The lowest BCUT2D eigenvalue weighted by atomic mass is 10.1. The van der Waals surface area contributed by atoms with Crippen molar-refractivity contribution in [1.29, 1.82) is 0 Å². The zero-order valence-corrected chi connectivity index (χ0v) is 41.3. The van der Waals surface area contributed by atoms with E-state index in [-0.39, 0.29) is 37.5 Å². The van der Waals surface area contributed by atoms with Crippen LogP contribution in [0.2, 0.25) is 0 Å². The van der Waals surface area contributed by atoms with E-state index in [2.05, 4.69) is 118 Å². The molecule has 362 valence electrons. The van der Waals surface area contributed by atoms with Crippen molar-refractivity contribution in [3.05, 3.63) is 109 Å². The minimum absolute atomic E-state index is 0.116. The molecule has 0 rings (SSSR count). The van der Waals surface area contributed by atoms with Crippen LogP contribution in [0.15, 0.2) is 109 Å². The summed E-state index contributed by atoms with van der Waals surface area (Å²) >= 11 is 0. The van der Waals surface area contributed by atoms with Crippen LogP contribution in [-0.4, -0.2) is 37.2 Å². The highest BCUT2D eigenvalue weighted by atomic mass is 16.6. The van der Waals surface area contributed by atoms with Crippen LogP contribution in [0.25, 0.3) is 0 Å². The standard InChI is InChI=1S/C58H94O6/c1-4-7-10-13-16-19-22-25-28-30-33-36-39-42-45-48-51-57(60)63-54-55(53-62-56(59)50-47-44-41-38-35-32-27-24-21-18-15-12-9-6-3)64-58(61)52-49-46-43-40-37-34-31-29-26-23-20-17-14-11-8-5-2/h7-8,10-11,16-17,19-20,25-26,28-29,32-33,35-36,42,45,55H,4-6,9,12-15,18,21-24,27,30-31,34,37-41,43-44,46-54H2,1-3H3/b10-7-,11-8-,19-16-,20-17-,28-25-,29-26-,35-32-,36-33-,45-42-. The SMILES string of the molecule is CC/C=C\C/C=C\C/C=C\C/C=C\C/C=C\CCC(=O)OCC(COC(=O)CCCCC/C=C\CCCCCCCCC)OC(=O)CCCCCCCC/C=C\C/C=C\C/C=C\CC. The number of carbonyl (C=O) groups excluding carboxylic acids is 3. The lowest BCUT2D eigenvalue weighted by Crippen LogP contribution is -2.30. The summed E-state index contributed by atoms with van der Waals surface area (Å²) in [5, 5.41) is 0. The number of ether oxygens (including phenoxy) is 3. The molecule has 1 unspecified atom stereocenters. The number of allylic oxidation sites excluding steroid dienone is 18. The average Bonchev–Trinajstić information content (AvgIpc) is 3.29. The number of rotatable bonds is 45. The van der Waals surface area contributed by atoms with E-state index in [4.69, 9.17) is 14.2 Å². The molecule has 0 heterocycles. The molecule has 0 radical (unpaired) electrons. The molecule has 6 nitrogen and oxygen atoms in total. The molecule has 0 aliphatic rings. The highest BCUT2D eigenvalue weighted by molar-refractivity contribution is 5.71. The average molecular weight is 887 g/mol. The molecule has 0 bridgehead atoms. The van der Waals surface area contributed by atoms with Gasteiger partial charge < -0.3 is 14.2 Å². The summed E-state index contributed by atoms with van der Waals surface area (Å²) in [6.45, 7) is 6.31. The Hall–Kier alpha value is -3.93. The fourth-order valence-electron chi connectivity index (χ4n) is 6.68. The van der Waals surface area contributed by atoms with Gasteiger partial charge in [-0.1, -0.05) is 201 Å². The van der Waals surface area contributed by atoms with Crippen LogP contribution < -0.4 is 0 Å². The van der Waals surface area contributed by atoms with E-state index in [9.17, 15) is 14.4 Å². The van der Waals surface area contributed by atoms with Crippen LogP contribution in [0.1, 0.15) is 220 Å². The van der Waals surface area contributed by atoms with Crippen molar-refractivity contribution >= 4 is 17.9 Å². The molecule has 0 aliphatic carbocycles. The first kappa shape index (κ1) is 60.1. The Labute approximate surface area is 393 Å². The van der Waals surface area contributed by atoms with Crippen molar-refractivity contribution in [2.24, 2.45) is 0 Å². The first-order chi connectivity index (χ1) is 31.5. The molecular formula is C58H94O6. The van der Waals surface area contributed by atoms with Gasteiger partial charge in [-0.15, -0.1) is 0 Å². The highest BCUT2D eigenvalue weighted by Gasteiger charge is 2.19.